The number of benzene rings is 2. The number of carbonyl (C=O) groups excluding carboxylic acids is 2. The summed E-state index contributed by atoms with van der Waals surface area (Å²) >= 11 is 5.92. The van der Waals surface area contributed by atoms with E-state index in [1.807, 2.05) is 0 Å². The van der Waals surface area contributed by atoms with Crippen LogP contribution in [0.4, 0.5) is 30.7 Å². The molecular weight excluding hydrogens is 755 g/mol. The van der Waals surface area contributed by atoms with Crippen LogP contribution in [0.3, 0.4) is 0 Å². The number of aldehydes is 1. The molecule has 3 aromatic rings. The van der Waals surface area contributed by atoms with Crippen LogP contribution in [-0.2, 0) is 22.0 Å². The Kier molecular flexibility index (Phi) is 27.2. The Balaban J connectivity index is -0.000000154. The van der Waals surface area contributed by atoms with Crippen molar-refractivity contribution in [3.05, 3.63) is 68.2 Å². The first-order valence-corrected chi connectivity index (χ1v) is 10.2. The van der Waals surface area contributed by atoms with Crippen molar-refractivity contribution in [1.29, 1.82) is 5.41 Å². The minimum atomic E-state index is -4.79. The summed E-state index contributed by atoms with van der Waals surface area (Å²) in [5.74, 6) is -1.55. The number of nitrogens with one attached hydrogen (secondary N) is 1. The van der Waals surface area contributed by atoms with Crippen LogP contribution in [0, 0.1) is 11.2 Å². The van der Waals surface area contributed by atoms with E-state index in [0.29, 0.717) is 15.9 Å². The van der Waals surface area contributed by atoms with Crippen molar-refractivity contribution in [3.63, 3.8) is 0 Å². The maximum absolute atomic E-state index is 13.0. The van der Waals surface area contributed by atoms with Gasteiger partial charge in [-0.15, -0.1) is 12.4 Å². The Morgan fingerprint density at radius 3 is 1.82 bits per heavy atom. The average Bonchev–Trinajstić information content (AvgIpc) is 2.79. The van der Waals surface area contributed by atoms with E-state index >= 15 is 0 Å². The van der Waals surface area contributed by atoms with Gasteiger partial charge < -0.3 is 17.3 Å². The third-order valence-corrected chi connectivity index (χ3v) is 4.90. The van der Waals surface area contributed by atoms with Gasteiger partial charge in [0.2, 0.25) is 0 Å². The molecule has 0 atom stereocenters. The van der Waals surface area contributed by atoms with Gasteiger partial charge in [0.25, 0.3) is 6.47 Å². The van der Waals surface area contributed by atoms with Crippen LogP contribution in [0.2, 0.25) is 0 Å². The molecule has 8 nitrogen and oxygen atoms in total. The van der Waals surface area contributed by atoms with E-state index in [0.717, 1.165) is 24.8 Å². The zero-order valence-corrected chi connectivity index (χ0v) is 29.8. The fourth-order valence-electron chi connectivity index (χ4n) is 2.17. The molecule has 2 aromatic carbocycles. The van der Waals surface area contributed by atoms with Gasteiger partial charge >= 0.3 is 115 Å². The summed E-state index contributed by atoms with van der Waals surface area (Å²) in [6.07, 6.45) is -5.95. The van der Waals surface area contributed by atoms with Gasteiger partial charge in [-0.2, -0.15) is 26.3 Å². The summed E-state index contributed by atoms with van der Waals surface area (Å²) in [5, 5.41) is 14.6. The Labute approximate surface area is 325 Å². The molecule has 0 aliphatic rings. The molecule has 3 rings (SSSR count). The summed E-state index contributed by atoms with van der Waals surface area (Å²) in [6.45, 7) is -0.181. The summed E-state index contributed by atoms with van der Waals surface area (Å²) in [6, 6.07) is 3.90. The van der Waals surface area contributed by atoms with Crippen LogP contribution in [0.5, 0.6) is 0 Å². The molecule has 3 N–H and O–H groups in total. The fraction of sp³-hybridized carbons (Fsp3) is 0.105. The number of hydrogen-bond acceptors (Lipinski definition) is 7. The molecule has 0 saturated carbocycles. The first-order valence-electron chi connectivity index (χ1n) is 8.59. The van der Waals surface area contributed by atoms with Crippen molar-refractivity contribution in [2.75, 3.05) is 0 Å². The van der Waals surface area contributed by atoms with E-state index in [9.17, 15) is 35.5 Å². The van der Waals surface area contributed by atoms with Gasteiger partial charge in [-0.05, 0) is 40.2 Å². The summed E-state index contributed by atoms with van der Waals surface area (Å²) < 4.78 is 87.7. The summed E-state index contributed by atoms with van der Waals surface area (Å²) in [4.78, 5) is 28.9. The number of alkyl halides is 6. The van der Waals surface area contributed by atoms with Crippen LogP contribution in [0.25, 0.3) is 10.9 Å². The van der Waals surface area contributed by atoms with E-state index < -0.39 is 34.9 Å². The van der Waals surface area contributed by atoms with Gasteiger partial charge in [-0.1, -0.05) is 15.9 Å². The van der Waals surface area contributed by atoms with Gasteiger partial charge in [0.1, 0.15) is 12.1 Å². The molecule has 0 fully saturated rings. The fourth-order valence-corrected chi connectivity index (χ4v) is 2.99. The predicted octanol–water partition coefficient (Wildman–Crippen LogP) is -0.640. The Hall–Kier alpha value is 0.383. The molecule has 0 aliphatic carbocycles. The van der Waals surface area contributed by atoms with E-state index in [1.54, 1.807) is 0 Å². The van der Waals surface area contributed by atoms with Crippen LogP contribution in [0.1, 0.15) is 22.9 Å². The first kappa shape index (κ1) is 46.3. The summed E-state index contributed by atoms with van der Waals surface area (Å²) in [7, 11) is 0. The number of nitrogens with two attached hydrogens (primary N) is 1. The third-order valence-electron chi connectivity index (χ3n) is 3.52. The second kappa shape index (κ2) is 22.9. The average molecular weight is 769 g/mol. The summed E-state index contributed by atoms with van der Waals surface area (Å²) in [5.41, 5.74) is 1.48. The number of fused-ring (bicyclic) bond motifs is 1. The molecule has 206 valence electrons. The maximum atomic E-state index is 13.0. The van der Waals surface area contributed by atoms with Gasteiger partial charge in [-0.25, -0.2) is 14.4 Å². The topological polar surface area (TPSA) is 142 Å². The number of halogens is 10. The van der Waals surface area contributed by atoms with Gasteiger partial charge in [0, 0.05) is 20.5 Å². The standard InChI is InChI=1S/C9H4BrF3N2.C8H3BrF4O.CH4N2.CH2O3.ClH.2K.H/c10-7-2-1-6(9(11,12)13)8-5(7)3-14-4-15-8;9-6-2-1-5(8(11,12)13)7(10)4(6)3-14;2-1-3;2-1-4-3;;;;/h1-4H;1-3H;1H,(H3,2,3);1,3H;1H;;;/q;;;;;2*+1;-1/p-1. The largest absolute Gasteiger partial charge is 1.00 e. The molecule has 0 spiro atoms. The molecule has 0 amide bonds. The van der Waals surface area contributed by atoms with E-state index in [2.05, 4.69) is 52.4 Å². The van der Waals surface area contributed by atoms with Crippen molar-refractivity contribution in [3.8, 4) is 0 Å². The predicted molar refractivity (Wildman–Crippen MR) is 125 cm³/mol. The zero-order chi connectivity index (χ0) is 28.1. The van der Waals surface area contributed by atoms with Crippen molar-refractivity contribution in [1.82, 2.24) is 9.97 Å². The molecule has 20 heteroatoms. The van der Waals surface area contributed by atoms with Crippen molar-refractivity contribution < 1.29 is 155 Å². The normalized spacial score (nSPS) is 9.59. The Morgan fingerprint density at radius 1 is 0.974 bits per heavy atom. The Morgan fingerprint density at radius 2 is 1.41 bits per heavy atom. The second-order valence-electron chi connectivity index (χ2n) is 5.68. The molecule has 0 saturated heterocycles. The molecular formula is C19H14Br2ClF7K2N4O4. The molecule has 1 heterocycles. The molecule has 0 bridgehead atoms. The molecule has 0 aliphatic heterocycles. The number of carbonyl (C=O) groups is 2. The number of rotatable bonds is 2. The molecule has 0 unspecified atom stereocenters. The molecule has 0 radical (unpaired) electrons. The SMILES string of the molecule is Cl.FC(F)(F)c1ccc(Br)c2cncnc12.N=CN.O=CO[O-].O=Cc1c(Br)ccc(C(F)(F)F)c1F.[H-].[K+].[K+]. The van der Waals surface area contributed by atoms with Crippen molar-refractivity contribution in [2.45, 2.75) is 12.4 Å². The minimum absolute atomic E-state index is 0. The zero-order valence-electron chi connectivity index (χ0n) is 20.6. The van der Waals surface area contributed by atoms with Gasteiger partial charge in [0.15, 0.2) is 6.29 Å². The number of hydrogen-bond donors (Lipinski definition) is 2. The number of aromatic nitrogens is 2. The van der Waals surface area contributed by atoms with E-state index in [4.69, 9.17) is 15.5 Å². The van der Waals surface area contributed by atoms with Crippen LogP contribution in [-0.4, -0.2) is 29.1 Å². The number of nitrogens with zero attached hydrogens (tertiary/aromatic N) is 2. The van der Waals surface area contributed by atoms with Gasteiger partial charge in [-0.3, -0.25) is 15.0 Å². The first-order chi connectivity index (χ1) is 16.7. The minimum Gasteiger partial charge on any atom is -1.00 e. The molecule has 1 aromatic heterocycles. The van der Waals surface area contributed by atoms with Crippen LogP contribution in [0.15, 0.2) is 45.7 Å². The van der Waals surface area contributed by atoms with E-state index in [1.165, 1.54) is 12.3 Å². The van der Waals surface area contributed by atoms with Crippen LogP contribution >= 0.6 is 44.3 Å². The monoisotopic (exact) mass is 766 g/mol. The van der Waals surface area contributed by atoms with Crippen molar-refractivity contribution in [2.24, 2.45) is 5.73 Å². The molecule has 39 heavy (non-hydrogen) atoms. The van der Waals surface area contributed by atoms with Crippen molar-refractivity contribution >= 4 is 74.3 Å². The third kappa shape index (κ3) is 16.0. The van der Waals surface area contributed by atoms with Crippen LogP contribution < -0.4 is 114 Å². The second-order valence-corrected chi connectivity index (χ2v) is 7.38. The van der Waals surface area contributed by atoms with Gasteiger partial charge in [0.05, 0.1) is 28.5 Å². The Bertz CT molecular complexity index is 1200. The quantitative estimate of drug-likeness (QED) is 0.0673. The smallest absolute Gasteiger partial charge is 1.00 e. The van der Waals surface area contributed by atoms with E-state index in [-0.39, 0.29) is 139 Å². The maximum Gasteiger partial charge on any atom is 1.00 e.